The molecule has 0 aliphatic heterocycles. The first-order valence-electron chi connectivity index (χ1n) is 10.3. The smallest absolute Gasteiger partial charge is 0.313 e. The molecule has 0 unspecified atom stereocenters. The third-order valence-electron chi connectivity index (χ3n) is 4.74. The molecule has 0 N–H and O–H groups in total. The molecule has 1 amide bonds. The van der Waals surface area contributed by atoms with E-state index in [2.05, 4.69) is 6.92 Å². The van der Waals surface area contributed by atoms with Crippen LogP contribution in [-0.4, -0.2) is 31.5 Å². The van der Waals surface area contributed by atoms with Crippen molar-refractivity contribution in [2.75, 3.05) is 21.1 Å². The Balaban J connectivity index is 0. The van der Waals surface area contributed by atoms with Crippen LogP contribution in [-0.2, 0) is 4.79 Å². The summed E-state index contributed by atoms with van der Waals surface area (Å²) < 4.78 is 0.471. The second-order valence-corrected chi connectivity index (χ2v) is 8.11. The molecule has 0 bridgehead atoms. The summed E-state index contributed by atoms with van der Waals surface area (Å²) in [7, 11) is 5.90. The van der Waals surface area contributed by atoms with E-state index in [1.165, 1.54) is 89.9 Å². The molecule has 0 aromatic rings. The van der Waals surface area contributed by atoms with Crippen molar-refractivity contribution in [2.24, 2.45) is 0 Å². The SMILES string of the molecule is CCCCCCCCCCCCCCCCCC(=O)[N+](C)(C)C.[Cl-]. The van der Waals surface area contributed by atoms with Gasteiger partial charge in [0.15, 0.2) is 0 Å². The van der Waals surface area contributed by atoms with Crippen LogP contribution in [0.1, 0.15) is 110 Å². The Labute approximate surface area is 158 Å². The van der Waals surface area contributed by atoms with Gasteiger partial charge in [-0.15, -0.1) is 0 Å². The molecule has 0 saturated heterocycles. The zero-order valence-corrected chi connectivity index (χ0v) is 17.8. The summed E-state index contributed by atoms with van der Waals surface area (Å²) in [6.07, 6.45) is 21.4. The van der Waals surface area contributed by atoms with Gasteiger partial charge in [0, 0.05) is 0 Å². The zero-order chi connectivity index (χ0) is 17.4. The van der Waals surface area contributed by atoms with E-state index in [1.807, 2.05) is 21.1 Å². The first-order valence-corrected chi connectivity index (χ1v) is 10.3. The van der Waals surface area contributed by atoms with Crippen molar-refractivity contribution in [3.63, 3.8) is 0 Å². The number of rotatable bonds is 16. The molecule has 0 aromatic carbocycles. The van der Waals surface area contributed by atoms with E-state index in [4.69, 9.17) is 0 Å². The molecule has 0 spiro atoms. The van der Waals surface area contributed by atoms with Crippen LogP contribution in [0.2, 0.25) is 0 Å². The van der Waals surface area contributed by atoms with Crippen LogP contribution in [0.5, 0.6) is 0 Å². The van der Waals surface area contributed by atoms with E-state index >= 15 is 0 Å². The third-order valence-corrected chi connectivity index (χ3v) is 4.74. The second-order valence-electron chi connectivity index (χ2n) is 8.11. The number of carbonyl (C=O) groups is 1. The quantitative estimate of drug-likeness (QED) is 0.304. The van der Waals surface area contributed by atoms with Gasteiger partial charge in [0.05, 0.1) is 27.6 Å². The van der Waals surface area contributed by atoms with Crippen molar-refractivity contribution in [1.82, 2.24) is 0 Å². The van der Waals surface area contributed by atoms with Gasteiger partial charge in [0.1, 0.15) is 0 Å². The van der Waals surface area contributed by atoms with Crippen LogP contribution in [0.4, 0.5) is 0 Å². The number of hydrogen-bond donors (Lipinski definition) is 0. The van der Waals surface area contributed by atoms with Crippen LogP contribution in [0, 0.1) is 0 Å². The summed E-state index contributed by atoms with van der Waals surface area (Å²) in [5, 5.41) is 0. The van der Waals surface area contributed by atoms with Gasteiger partial charge in [-0.25, -0.2) is 4.79 Å². The number of unbranched alkanes of at least 4 members (excludes halogenated alkanes) is 14. The number of hydrogen-bond acceptors (Lipinski definition) is 1. The van der Waals surface area contributed by atoms with Crippen LogP contribution in [0.15, 0.2) is 0 Å². The fourth-order valence-corrected chi connectivity index (χ4v) is 2.98. The Morgan fingerprint density at radius 1 is 0.583 bits per heavy atom. The summed E-state index contributed by atoms with van der Waals surface area (Å²) in [6, 6.07) is 0. The van der Waals surface area contributed by atoms with Crippen LogP contribution in [0.3, 0.4) is 0 Å². The van der Waals surface area contributed by atoms with Crippen LogP contribution in [0.25, 0.3) is 0 Å². The van der Waals surface area contributed by atoms with E-state index in [0.717, 1.165) is 12.8 Å². The average molecular weight is 362 g/mol. The van der Waals surface area contributed by atoms with Crippen molar-refractivity contribution in [1.29, 1.82) is 0 Å². The molecule has 24 heavy (non-hydrogen) atoms. The lowest BCUT2D eigenvalue weighted by Gasteiger charge is -2.20. The molecule has 2 nitrogen and oxygen atoms in total. The van der Waals surface area contributed by atoms with E-state index in [0.29, 0.717) is 10.4 Å². The Kier molecular flexibility index (Phi) is 19.3. The zero-order valence-electron chi connectivity index (χ0n) is 17.0. The molecule has 3 heteroatoms. The van der Waals surface area contributed by atoms with Crippen LogP contribution < -0.4 is 12.4 Å². The summed E-state index contributed by atoms with van der Waals surface area (Å²) in [6.45, 7) is 2.28. The van der Waals surface area contributed by atoms with Crippen molar-refractivity contribution >= 4 is 5.91 Å². The van der Waals surface area contributed by atoms with Gasteiger partial charge in [-0.2, -0.15) is 0 Å². The van der Waals surface area contributed by atoms with E-state index in [9.17, 15) is 4.79 Å². The summed E-state index contributed by atoms with van der Waals surface area (Å²) in [4.78, 5) is 11.8. The average Bonchev–Trinajstić information content (AvgIpc) is 2.50. The Bertz CT molecular complexity index is 274. The molecule has 0 heterocycles. The lowest BCUT2D eigenvalue weighted by molar-refractivity contribution is -0.792. The van der Waals surface area contributed by atoms with Crippen LogP contribution >= 0.6 is 0 Å². The molecule has 0 saturated carbocycles. The monoisotopic (exact) mass is 361 g/mol. The standard InChI is InChI=1S/C21H44NO.ClH/c1-5-6-7-8-9-10-11-12-13-14-15-16-17-18-19-20-21(23)22(2,3)4;/h5-20H2,1-4H3;1H/q+1;/p-1. The molecular weight excluding hydrogens is 318 g/mol. The molecule has 0 aliphatic carbocycles. The normalized spacial score (nSPS) is 11.3. The number of quaternary nitrogens is 1. The topological polar surface area (TPSA) is 17.1 Å². The van der Waals surface area contributed by atoms with Crippen molar-refractivity contribution in [3.8, 4) is 0 Å². The van der Waals surface area contributed by atoms with Gasteiger partial charge in [-0.3, -0.25) is 4.48 Å². The highest BCUT2D eigenvalue weighted by Crippen LogP contribution is 2.14. The highest BCUT2D eigenvalue weighted by atomic mass is 35.5. The van der Waals surface area contributed by atoms with Gasteiger partial charge in [-0.05, 0) is 6.42 Å². The minimum atomic E-state index is 0. The summed E-state index contributed by atoms with van der Waals surface area (Å²) in [5.74, 6) is 0.361. The molecule has 0 fully saturated rings. The molecule has 146 valence electrons. The largest absolute Gasteiger partial charge is 1.00 e. The fourth-order valence-electron chi connectivity index (χ4n) is 2.98. The van der Waals surface area contributed by atoms with Gasteiger partial charge in [-0.1, -0.05) is 96.8 Å². The summed E-state index contributed by atoms with van der Waals surface area (Å²) >= 11 is 0. The van der Waals surface area contributed by atoms with Crippen molar-refractivity contribution < 1.29 is 21.7 Å². The third kappa shape index (κ3) is 18.3. The molecule has 0 aromatic heterocycles. The van der Waals surface area contributed by atoms with E-state index < -0.39 is 0 Å². The lowest BCUT2D eigenvalue weighted by Crippen LogP contribution is -3.00. The predicted octanol–water partition coefficient (Wildman–Crippen LogP) is 3.48. The predicted molar refractivity (Wildman–Crippen MR) is 103 cm³/mol. The number of amides is 1. The first-order chi connectivity index (χ1) is 11.0. The van der Waals surface area contributed by atoms with Crippen molar-refractivity contribution in [3.05, 3.63) is 0 Å². The lowest BCUT2D eigenvalue weighted by atomic mass is 10.0. The van der Waals surface area contributed by atoms with E-state index in [-0.39, 0.29) is 12.4 Å². The minimum Gasteiger partial charge on any atom is -1.00 e. The van der Waals surface area contributed by atoms with Crippen molar-refractivity contribution in [2.45, 2.75) is 110 Å². The molecule has 0 rings (SSSR count). The Hall–Kier alpha value is -0.0800. The van der Waals surface area contributed by atoms with Gasteiger partial charge in [0.25, 0.3) is 0 Å². The van der Waals surface area contributed by atoms with E-state index in [1.54, 1.807) is 0 Å². The number of carbonyl (C=O) groups excluding carboxylic acids is 1. The van der Waals surface area contributed by atoms with Gasteiger partial charge in [0.2, 0.25) is 0 Å². The molecule has 0 aliphatic rings. The maximum Gasteiger partial charge on any atom is 0.313 e. The number of halogens is 1. The Morgan fingerprint density at radius 3 is 1.17 bits per heavy atom. The second kappa shape index (κ2) is 17.7. The molecular formula is C21H44ClNO. The highest BCUT2D eigenvalue weighted by molar-refractivity contribution is 5.68. The maximum atomic E-state index is 11.8. The maximum absolute atomic E-state index is 11.8. The molecule has 0 atom stereocenters. The molecule has 0 radical (unpaired) electrons. The van der Waals surface area contributed by atoms with Gasteiger partial charge < -0.3 is 12.4 Å². The first kappa shape index (κ1) is 26.2. The fraction of sp³-hybridized carbons (Fsp3) is 0.952. The number of nitrogens with zero attached hydrogens (tertiary/aromatic N) is 1. The van der Waals surface area contributed by atoms with Gasteiger partial charge >= 0.3 is 5.91 Å². The summed E-state index contributed by atoms with van der Waals surface area (Å²) in [5.41, 5.74) is 0. The minimum absolute atomic E-state index is 0. The Morgan fingerprint density at radius 2 is 0.875 bits per heavy atom. The highest BCUT2D eigenvalue weighted by Gasteiger charge is 2.18.